The van der Waals surface area contributed by atoms with Crippen LogP contribution in [-0.4, -0.2) is 25.0 Å². The Morgan fingerprint density at radius 3 is 1.37 bits per heavy atom. The minimum Gasteiger partial charge on any atom is -0.483 e. The first kappa shape index (κ1) is 29.7. The summed E-state index contributed by atoms with van der Waals surface area (Å²) >= 11 is 7.05. The summed E-state index contributed by atoms with van der Waals surface area (Å²) in [4.78, 5) is 24.7. The van der Waals surface area contributed by atoms with Gasteiger partial charge in [0, 0.05) is 11.4 Å². The summed E-state index contributed by atoms with van der Waals surface area (Å²) in [6.45, 7) is 8.40. The van der Waals surface area contributed by atoms with E-state index in [0.29, 0.717) is 34.7 Å². The first-order valence-electron chi connectivity index (χ1n) is 12.7. The number of ether oxygens (including phenoxy) is 2. The van der Waals surface area contributed by atoms with Crippen molar-refractivity contribution in [1.29, 1.82) is 0 Å². The summed E-state index contributed by atoms with van der Waals surface area (Å²) in [7, 11) is 0. The number of amides is 2. The first-order valence-corrected chi connectivity index (χ1v) is 14.3. The Hall–Kier alpha value is -2.84. The van der Waals surface area contributed by atoms with E-state index in [4.69, 9.17) is 9.47 Å². The van der Waals surface area contributed by atoms with Crippen LogP contribution in [0.25, 0.3) is 0 Å². The first-order chi connectivity index (χ1) is 18.2. The predicted molar refractivity (Wildman–Crippen MR) is 160 cm³/mol. The van der Waals surface area contributed by atoms with E-state index in [-0.39, 0.29) is 25.0 Å². The van der Waals surface area contributed by atoms with Crippen molar-refractivity contribution in [3.8, 4) is 11.5 Å². The standard InChI is InChI=1S/C30H34Br2N2O4/c1-5-19(3)21-7-13-27(25(31)15-21)37-17-29(35)33-23-9-11-24(12-10-23)34-30(36)18-38-28-14-8-22(16-26(28)32)20(4)6-2/h7-16,19-20H,5-6,17-18H2,1-4H3,(H,33,35)(H,34,36). The molecule has 0 fully saturated rings. The van der Waals surface area contributed by atoms with Crippen molar-refractivity contribution in [1.82, 2.24) is 0 Å². The van der Waals surface area contributed by atoms with Crippen molar-refractivity contribution < 1.29 is 19.1 Å². The maximum atomic E-state index is 12.4. The summed E-state index contributed by atoms with van der Waals surface area (Å²) in [5, 5.41) is 5.60. The van der Waals surface area contributed by atoms with Crippen molar-refractivity contribution in [2.75, 3.05) is 23.8 Å². The highest BCUT2D eigenvalue weighted by molar-refractivity contribution is 9.10. The molecule has 202 valence electrons. The van der Waals surface area contributed by atoms with Gasteiger partial charge < -0.3 is 20.1 Å². The van der Waals surface area contributed by atoms with Gasteiger partial charge in [-0.25, -0.2) is 0 Å². The molecule has 0 aromatic heterocycles. The van der Waals surface area contributed by atoms with Gasteiger partial charge in [0.2, 0.25) is 0 Å². The fourth-order valence-electron chi connectivity index (χ4n) is 3.67. The molecule has 2 unspecified atom stereocenters. The van der Waals surface area contributed by atoms with Crippen LogP contribution in [0.5, 0.6) is 11.5 Å². The van der Waals surface area contributed by atoms with Gasteiger partial charge >= 0.3 is 0 Å². The third-order valence-electron chi connectivity index (χ3n) is 6.44. The maximum Gasteiger partial charge on any atom is 0.262 e. The molecule has 0 saturated carbocycles. The number of carbonyl (C=O) groups excluding carboxylic acids is 2. The third-order valence-corrected chi connectivity index (χ3v) is 7.68. The zero-order valence-electron chi connectivity index (χ0n) is 22.1. The van der Waals surface area contributed by atoms with Gasteiger partial charge in [0.1, 0.15) is 11.5 Å². The second-order valence-electron chi connectivity index (χ2n) is 9.25. The zero-order valence-corrected chi connectivity index (χ0v) is 25.3. The Labute approximate surface area is 241 Å². The minimum atomic E-state index is -0.280. The number of hydrogen-bond acceptors (Lipinski definition) is 4. The van der Waals surface area contributed by atoms with Crippen LogP contribution in [-0.2, 0) is 9.59 Å². The fraction of sp³-hybridized carbons (Fsp3) is 0.333. The molecule has 3 aromatic rings. The molecular weight excluding hydrogens is 612 g/mol. The van der Waals surface area contributed by atoms with Gasteiger partial charge in [-0.05, 0) is 116 Å². The molecule has 3 aromatic carbocycles. The zero-order chi connectivity index (χ0) is 27.7. The second-order valence-corrected chi connectivity index (χ2v) is 11.0. The molecule has 0 spiro atoms. The molecule has 0 saturated heterocycles. The van der Waals surface area contributed by atoms with Crippen LogP contribution in [0.4, 0.5) is 11.4 Å². The van der Waals surface area contributed by atoms with Crippen LogP contribution in [0.15, 0.2) is 69.6 Å². The van der Waals surface area contributed by atoms with E-state index in [2.05, 4.69) is 70.2 Å². The summed E-state index contributed by atoms with van der Waals surface area (Å²) in [5.41, 5.74) is 3.64. The van der Waals surface area contributed by atoms with E-state index in [0.717, 1.165) is 21.8 Å². The van der Waals surface area contributed by atoms with Gasteiger partial charge in [-0.15, -0.1) is 0 Å². The van der Waals surface area contributed by atoms with Crippen LogP contribution in [0.1, 0.15) is 63.5 Å². The molecule has 0 aliphatic heterocycles. The molecule has 38 heavy (non-hydrogen) atoms. The van der Waals surface area contributed by atoms with Crippen molar-refractivity contribution in [2.24, 2.45) is 0 Å². The van der Waals surface area contributed by atoms with E-state index in [1.54, 1.807) is 24.3 Å². The SMILES string of the molecule is CCC(C)c1ccc(OCC(=O)Nc2ccc(NC(=O)COc3ccc(C(C)CC)cc3Br)cc2)c(Br)c1. The average Bonchev–Trinajstić information content (AvgIpc) is 2.91. The molecule has 0 bridgehead atoms. The number of hydrogen-bond donors (Lipinski definition) is 2. The highest BCUT2D eigenvalue weighted by atomic mass is 79.9. The molecular formula is C30H34Br2N2O4. The molecule has 2 N–H and O–H groups in total. The van der Waals surface area contributed by atoms with Crippen LogP contribution < -0.4 is 20.1 Å². The van der Waals surface area contributed by atoms with Crippen LogP contribution in [0.3, 0.4) is 0 Å². The Morgan fingerprint density at radius 1 is 0.684 bits per heavy atom. The molecule has 2 atom stereocenters. The lowest BCUT2D eigenvalue weighted by Crippen LogP contribution is -2.21. The Balaban J connectivity index is 1.45. The molecule has 0 radical (unpaired) electrons. The second kappa shape index (κ2) is 14.4. The molecule has 2 amide bonds. The highest BCUT2D eigenvalue weighted by Crippen LogP contribution is 2.31. The maximum absolute atomic E-state index is 12.4. The van der Waals surface area contributed by atoms with Gasteiger partial charge in [-0.2, -0.15) is 0 Å². The van der Waals surface area contributed by atoms with Crippen molar-refractivity contribution in [3.05, 3.63) is 80.7 Å². The summed E-state index contributed by atoms with van der Waals surface area (Å²) < 4.78 is 13.0. The van der Waals surface area contributed by atoms with Gasteiger partial charge in [0.15, 0.2) is 13.2 Å². The quantitative estimate of drug-likeness (QED) is 0.208. The van der Waals surface area contributed by atoms with Gasteiger partial charge in [0.05, 0.1) is 8.95 Å². The molecule has 0 aliphatic rings. The van der Waals surface area contributed by atoms with Crippen molar-refractivity contribution in [2.45, 2.75) is 52.4 Å². The largest absolute Gasteiger partial charge is 0.483 e. The van der Waals surface area contributed by atoms with Crippen molar-refractivity contribution >= 4 is 55.0 Å². The van der Waals surface area contributed by atoms with Crippen LogP contribution in [0.2, 0.25) is 0 Å². The van der Waals surface area contributed by atoms with Gasteiger partial charge in [0.25, 0.3) is 11.8 Å². The number of benzene rings is 3. The van der Waals surface area contributed by atoms with Crippen molar-refractivity contribution in [3.63, 3.8) is 0 Å². The number of rotatable bonds is 12. The molecule has 3 rings (SSSR count). The normalized spacial score (nSPS) is 12.4. The molecule has 8 heteroatoms. The van der Waals surface area contributed by atoms with E-state index >= 15 is 0 Å². The smallest absolute Gasteiger partial charge is 0.262 e. The molecule has 0 heterocycles. The number of anilines is 2. The summed E-state index contributed by atoms with van der Waals surface area (Å²) in [6.07, 6.45) is 2.10. The summed E-state index contributed by atoms with van der Waals surface area (Å²) in [6, 6.07) is 18.7. The van der Waals surface area contributed by atoms with E-state index in [9.17, 15) is 9.59 Å². The lowest BCUT2D eigenvalue weighted by molar-refractivity contribution is -0.118. The Bertz CT molecular complexity index is 1150. The Kier molecular flexibility index (Phi) is 11.2. The van der Waals surface area contributed by atoms with E-state index in [1.165, 1.54) is 11.1 Å². The monoisotopic (exact) mass is 644 g/mol. The minimum absolute atomic E-state index is 0.120. The third kappa shape index (κ3) is 8.60. The van der Waals surface area contributed by atoms with Gasteiger partial charge in [-0.3, -0.25) is 9.59 Å². The van der Waals surface area contributed by atoms with Crippen LogP contribution in [0, 0.1) is 0 Å². The van der Waals surface area contributed by atoms with E-state index < -0.39 is 0 Å². The average molecular weight is 646 g/mol. The van der Waals surface area contributed by atoms with E-state index in [1.807, 2.05) is 36.4 Å². The summed E-state index contributed by atoms with van der Waals surface area (Å²) in [5.74, 6) is 1.59. The highest BCUT2D eigenvalue weighted by Gasteiger charge is 2.11. The predicted octanol–water partition coefficient (Wildman–Crippen LogP) is 8.27. The number of carbonyl (C=O) groups is 2. The lowest BCUT2D eigenvalue weighted by Gasteiger charge is -2.13. The topological polar surface area (TPSA) is 76.7 Å². The van der Waals surface area contributed by atoms with Gasteiger partial charge in [-0.1, -0.05) is 39.8 Å². The fourth-order valence-corrected chi connectivity index (χ4v) is 4.69. The molecule has 6 nitrogen and oxygen atoms in total. The number of halogens is 2. The molecule has 0 aliphatic carbocycles. The van der Waals surface area contributed by atoms with Crippen LogP contribution >= 0.6 is 31.9 Å². The lowest BCUT2D eigenvalue weighted by atomic mass is 9.99. The Morgan fingerprint density at radius 2 is 1.05 bits per heavy atom. The number of nitrogens with one attached hydrogen (secondary N) is 2.